The number of benzene rings is 2. The summed E-state index contributed by atoms with van der Waals surface area (Å²) >= 11 is 0. The van der Waals surface area contributed by atoms with Crippen molar-refractivity contribution in [2.45, 2.75) is 30.6 Å². The van der Waals surface area contributed by atoms with E-state index in [2.05, 4.69) is 4.72 Å². The van der Waals surface area contributed by atoms with Crippen LogP contribution in [0.1, 0.15) is 25.8 Å². The molecule has 2 aromatic rings. The van der Waals surface area contributed by atoms with Crippen LogP contribution in [0.15, 0.2) is 47.4 Å². The number of nitrogens with one attached hydrogen (secondary N) is 1. The molecule has 1 aliphatic carbocycles. The molecule has 0 amide bonds. The van der Waals surface area contributed by atoms with Crippen molar-refractivity contribution in [3.8, 4) is 0 Å². The lowest BCUT2D eigenvalue weighted by molar-refractivity contribution is 0.459. The van der Waals surface area contributed by atoms with Gasteiger partial charge in [0, 0.05) is 18.0 Å². The number of hydrogen-bond acceptors (Lipinski definition) is 2. The Labute approximate surface area is 144 Å². The van der Waals surface area contributed by atoms with E-state index < -0.39 is 32.9 Å². The Bertz CT molecular complexity index is 910. The lowest BCUT2D eigenvalue weighted by Gasteiger charge is -2.22. The van der Waals surface area contributed by atoms with Gasteiger partial charge in [0.1, 0.15) is 17.5 Å². The van der Waals surface area contributed by atoms with Crippen molar-refractivity contribution in [1.82, 2.24) is 4.72 Å². The zero-order valence-corrected chi connectivity index (χ0v) is 14.6. The topological polar surface area (TPSA) is 46.2 Å². The first kappa shape index (κ1) is 17.9. The Balaban J connectivity index is 1.88. The van der Waals surface area contributed by atoms with Crippen LogP contribution in [0.3, 0.4) is 0 Å². The molecular weight excluding hydrogens is 351 g/mol. The molecule has 0 aliphatic heterocycles. The summed E-state index contributed by atoms with van der Waals surface area (Å²) < 4.78 is 67.7. The standard InChI is InChI=1S/C18H18F3NO2S/c1-17(2)10-18(17,15-8-5-13(20)9-16(15)21)11-22-25(23,24)14-6-3-12(19)4-7-14/h3-9,22H,10-11H2,1-2H3. The van der Waals surface area contributed by atoms with Crippen LogP contribution >= 0.6 is 0 Å². The predicted molar refractivity (Wildman–Crippen MR) is 88.0 cm³/mol. The highest BCUT2D eigenvalue weighted by atomic mass is 32.2. The van der Waals surface area contributed by atoms with Gasteiger partial charge in [-0.1, -0.05) is 19.9 Å². The van der Waals surface area contributed by atoms with Gasteiger partial charge in [0.05, 0.1) is 4.90 Å². The molecule has 25 heavy (non-hydrogen) atoms. The molecule has 1 saturated carbocycles. The molecule has 0 radical (unpaired) electrons. The average Bonchev–Trinajstić information content (AvgIpc) is 3.08. The lowest BCUT2D eigenvalue weighted by atomic mass is 9.87. The average molecular weight is 369 g/mol. The maximum absolute atomic E-state index is 14.3. The van der Waals surface area contributed by atoms with E-state index in [9.17, 15) is 21.6 Å². The van der Waals surface area contributed by atoms with Gasteiger partial charge >= 0.3 is 0 Å². The Morgan fingerprint density at radius 2 is 1.56 bits per heavy atom. The third-order valence-corrected chi connectivity index (χ3v) is 6.47. The smallest absolute Gasteiger partial charge is 0.210 e. The third kappa shape index (κ3) is 3.18. The second-order valence-electron chi connectivity index (χ2n) is 7.05. The molecule has 3 nitrogen and oxygen atoms in total. The van der Waals surface area contributed by atoms with Gasteiger partial charge in [-0.15, -0.1) is 0 Å². The zero-order chi connectivity index (χ0) is 18.5. The second-order valence-corrected chi connectivity index (χ2v) is 8.81. The van der Waals surface area contributed by atoms with Gasteiger partial charge in [0.2, 0.25) is 10.0 Å². The molecule has 0 aromatic heterocycles. The number of sulfonamides is 1. The molecular formula is C18H18F3NO2S. The highest BCUT2D eigenvalue weighted by molar-refractivity contribution is 7.89. The summed E-state index contributed by atoms with van der Waals surface area (Å²) in [6.45, 7) is 3.78. The summed E-state index contributed by atoms with van der Waals surface area (Å²) in [6, 6.07) is 7.80. The summed E-state index contributed by atoms with van der Waals surface area (Å²) in [4.78, 5) is -0.0675. The van der Waals surface area contributed by atoms with Crippen LogP contribution in [0, 0.1) is 22.9 Å². The third-order valence-electron chi connectivity index (χ3n) is 5.05. The highest BCUT2D eigenvalue weighted by Gasteiger charge is 2.62. The monoisotopic (exact) mass is 369 g/mol. The molecule has 1 aliphatic rings. The molecule has 7 heteroatoms. The summed E-state index contributed by atoms with van der Waals surface area (Å²) in [5.41, 5.74) is -0.796. The van der Waals surface area contributed by atoms with Gasteiger partial charge in [0.25, 0.3) is 0 Å². The van der Waals surface area contributed by atoms with Gasteiger partial charge < -0.3 is 0 Å². The largest absolute Gasteiger partial charge is 0.240 e. The molecule has 0 saturated heterocycles. The second kappa shape index (κ2) is 5.85. The fourth-order valence-corrected chi connectivity index (χ4v) is 4.46. The molecule has 1 atom stereocenters. The lowest BCUT2D eigenvalue weighted by Crippen LogP contribution is -2.35. The van der Waals surface area contributed by atoms with Gasteiger partial charge in [-0.3, -0.25) is 0 Å². The fraction of sp³-hybridized carbons (Fsp3) is 0.333. The first-order chi connectivity index (χ1) is 11.6. The molecule has 0 spiro atoms. The van der Waals surface area contributed by atoms with Crippen molar-refractivity contribution < 1.29 is 21.6 Å². The minimum atomic E-state index is -3.86. The van der Waals surface area contributed by atoms with Gasteiger partial charge in [-0.05, 0) is 47.7 Å². The predicted octanol–water partition coefficient (Wildman–Crippen LogP) is 3.75. The molecule has 1 unspecified atom stereocenters. The Morgan fingerprint density at radius 3 is 2.08 bits per heavy atom. The first-order valence-corrected chi connectivity index (χ1v) is 9.27. The summed E-state index contributed by atoms with van der Waals surface area (Å²) in [6.07, 6.45) is 0.564. The van der Waals surface area contributed by atoms with E-state index in [1.54, 1.807) is 0 Å². The molecule has 1 N–H and O–H groups in total. The number of halogens is 3. The van der Waals surface area contributed by atoms with Gasteiger partial charge in [0.15, 0.2) is 0 Å². The molecule has 1 fully saturated rings. The van der Waals surface area contributed by atoms with Crippen molar-refractivity contribution in [3.05, 3.63) is 65.5 Å². The molecule has 3 rings (SSSR count). The van der Waals surface area contributed by atoms with E-state index in [0.717, 1.165) is 18.2 Å². The SMILES string of the molecule is CC1(C)CC1(CNS(=O)(=O)c1ccc(F)cc1)c1ccc(F)cc1F. The minimum absolute atomic E-state index is 0.0255. The normalized spacial score (nSPS) is 22.0. The van der Waals surface area contributed by atoms with Gasteiger partial charge in [-0.2, -0.15) is 0 Å². The zero-order valence-electron chi connectivity index (χ0n) is 13.8. The van der Waals surface area contributed by atoms with Crippen LogP contribution in [0.5, 0.6) is 0 Å². The maximum Gasteiger partial charge on any atom is 0.240 e. The molecule has 134 valence electrons. The van der Waals surface area contributed by atoms with Crippen LogP contribution in [-0.4, -0.2) is 15.0 Å². The summed E-state index contributed by atoms with van der Waals surface area (Å²) in [7, 11) is -3.86. The minimum Gasteiger partial charge on any atom is -0.210 e. The summed E-state index contributed by atoms with van der Waals surface area (Å²) in [5, 5.41) is 0. The van der Waals surface area contributed by atoms with Crippen LogP contribution in [0.2, 0.25) is 0 Å². The van der Waals surface area contributed by atoms with E-state index in [1.807, 2.05) is 13.8 Å². The number of rotatable bonds is 5. The quantitative estimate of drug-likeness (QED) is 0.873. The first-order valence-electron chi connectivity index (χ1n) is 7.78. The Hall–Kier alpha value is -1.86. The molecule has 0 heterocycles. The van der Waals surface area contributed by atoms with Crippen molar-refractivity contribution in [2.75, 3.05) is 6.54 Å². The Morgan fingerprint density at radius 1 is 1.00 bits per heavy atom. The molecule has 0 bridgehead atoms. The van der Waals surface area contributed by atoms with Crippen molar-refractivity contribution in [2.24, 2.45) is 5.41 Å². The van der Waals surface area contributed by atoms with Crippen LogP contribution in [0.25, 0.3) is 0 Å². The molecule has 2 aromatic carbocycles. The van der Waals surface area contributed by atoms with Crippen molar-refractivity contribution >= 4 is 10.0 Å². The van der Waals surface area contributed by atoms with E-state index in [-0.39, 0.29) is 16.9 Å². The van der Waals surface area contributed by atoms with Gasteiger partial charge in [-0.25, -0.2) is 26.3 Å². The maximum atomic E-state index is 14.3. The van der Waals surface area contributed by atoms with E-state index in [0.29, 0.717) is 12.0 Å². The highest BCUT2D eigenvalue weighted by Crippen LogP contribution is 2.64. The van der Waals surface area contributed by atoms with E-state index >= 15 is 0 Å². The van der Waals surface area contributed by atoms with Crippen LogP contribution < -0.4 is 4.72 Å². The van der Waals surface area contributed by atoms with Crippen molar-refractivity contribution in [1.29, 1.82) is 0 Å². The van der Waals surface area contributed by atoms with Crippen LogP contribution in [0.4, 0.5) is 13.2 Å². The van der Waals surface area contributed by atoms with E-state index in [1.165, 1.54) is 24.3 Å². The van der Waals surface area contributed by atoms with Crippen molar-refractivity contribution in [3.63, 3.8) is 0 Å². The number of hydrogen-bond donors (Lipinski definition) is 1. The fourth-order valence-electron chi connectivity index (χ4n) is 3.36. The Kier molecular flexibility index (Phi) is 4.20. The van der Waals surface area contributed by atoms with Crippen LogP contribution in [-0.2, 0) is 15.4 Å². The summed E-state index contributed by atoms with van der Waals surface area (Å²) in [5.74, 6) is -1.90. The van der Waals surface area contributed by atoms with E-state index in [4.69, 9.17) is 0 Å².